The summed E-state index contributed by atoms with van der Waals surface area (Å²) in [6, 6.07) is 19.3. The van der Waals surface area contributed by atoms with Crippen LogP contribution in [0.2, 0.25) is 0 Å². The summed E-state index contributed by atoms with van der Waals surface area (Å²) in [5.41, 5.74) is 8.34. The van der Waals surface area contributed by atoms with Crippen LogP contribution in [-0.2, 0) is 0 Å². The van der Waals surface area contributed by atoms with E-state index in [1.165, 1.54) is 0 Å². The second-order valence-electron chi connectivity index (χ2n) is 5.84. The van der Waals surface area contributed by atoms with Gasteiger partial charge in [0.05, 0.1) is 11.7 Å². The van der Waals surface area contributed by atoms with Gasteiger partial charge in [-0.3, -0.25) is 15.6 Å². The number of nitrogens with one attached hydrogen (secondary N) is 3. The van der Waals surface area contributed by atoms with Gasteiger partial charge in [0, 0.05) is 0 Å². The van der Waals surface area contributed by atoms with Crippen LogP contribution in [-0.4, -0.2) is 25.2 Å². The number of benzene rings is 2. The van der Waals surface area contributed by atoms with Gasteiger partial charge in [-0.05, 0) is 24.6 Å². The number of para-hydroxylation sites is 1. The van der Waals surface area contributed by atoms with Crippen molar-refractivity contribution in [3.05, 3.63) is 76.6 Å². The average molecular weight is 347 g/mol. The normalized spacial score (nSPS) is 12.0. The molecule has 26 heavy (non-hydrogen) atoms. The molecule has 8 nitrogen and oxygen atoms in total. The maximum Gasteiger partial charge on any atom is 0.292 e. The first-order valence-corrected chi connectivity index (χ1v) is 8.19. The Bertz CT molecular complexity index is 1070. The lowest BCUT2D eigenvalue weighted by molar-refractivity contribution is 0.558. The SMILES string of the molecule is CC(c1ccccc1)n1nnc2c(NNc3ccccc3)n[nH]c(=O)c21. The predicted octanol–water partition coefficient (Wildman–Crippen LogP) is 2.56. The smallest absolute Gasteiger partial charge is 0.292 e. The van der Waals surface area contributed by atoms with Gasteiger partial charge >= 0.3 is 0 Å². The van der Waals surface area contributed by atoms with Crippen LogP contribution < -0.4 is 16.4 Å². The van der Waals surface area contributed by atoms with Gasteiger partial charge in [-0.15, -0.1) is 5.10 Å². The van der Waals surface area contributed by atoms with Crippen molar-refractivity contribution >= 4 is 22.5 Å². The van der Waals surface area contributed by atoms with Crippen LogP contribution in [0.1, 0.15) is 18.5 Å². The highest BCUT2D eigenvalue weighted by Crippen LogP contribution is 2.22. The minimum Gasteiger partial charge on any atom is -0.300 e. The predicted molar refractivity (Wildman–Crippen MR) is 99.9 cm³/mol. The lowest BCUT2D eigenvalue weighted by Gasteiger charge is -2.12. The quantitative estimate of drug-likeness (QED) is 0.480. The molecule has 4 aromatic rings. The highest BCUT2D eigenvalue weighted by Gasteiger charge is 2.19. The van der Waals surface area contributed by atoms with Crippen LogP contribution in [0.4, 0.5) is 11.5 Å². The van der Waals surface area contributed by atoms with Crippen molar-refractivity contribution in [2.45, 2.75) is 13.0 Å². The van der Waals surface area contributed by atoms with Crippen molar-refractivity contribution in [2.24, 2.45) is 0 Å². The number of hydrogen-bond donors (Lipinski definition) is 3. The zero-order chi connectivity index (χ0) is 17.9. The molecule has 0 aliphatic rings. The molecule has 3 N–H and O–H groups in total. The third-order valence-corrected chi connectivity index (χ3v) is 4.15. The molecule has 0 aliphatic carbocycles. The molecule has 130 valence electrons. The largest absolute Gasteiger partial charge is 0.300 e. The number of aromatic nitrogens is 5. The van der Waals surface area contributed by atoms with Crippen molar-refractivity contribution in [1.82, 2.24) is 25.2 Å². The van der Waals surface area contributed by atoms with Gasteiger partial charge in [0.2, 0.25) is 0 Å². The molecular weight excluding hydrogens is 330 g/mol. The van der Waals surface area contributed by atoms with E-state index in [4.69, 9.17) is 0 Å². The topological polar surface area (TPSA) is 101 Å². The molecule has 0 radical (unpaired) electrons. The molecule has 1 atom stereocenters. The van der Waals surface area contributed by atoms with E-state index < -0.39 is 0 Å². The third kappa shape index (κ3) is 2.88. The van der Waals surface area contributed by atoms with E-state index in [0.717, 1.165) is 11.3 Å². The van der Waals surface area contributed by atoms with E-state index in [2.05, 4.69) is 31.4 Å². The summed E-state index contributed by atoms with van der Waals surface area (Å²) in [7, 11) is 0. The summed E-state index contributed by atoms with van der Waals surface area (Å²) in [6.45, 7) is 1.97. The lowest BCUT2D eigenvalue weighted by Crippen LogP contribution is -2.19. The van der Waals surface area contributed by atoms with E-state index >= 15 is 0 Å². The summed E-state index contributed by atoms with van der Waals surface area (Å²) in [5.74, 6) is 0.398. The molecule has 0 amide bonds. The Kier molecular flexibility index (Phi) is 4.06. The van der Waals surface area contributed by atoms with Crippen molar-refractivity contribution in [2.75, 3.05) is 10.9 Å². The fourth-order valence-corrected chi connectivity index (χ4v) is 2.76. The molecule has 1 unspecified atom stereocenters. The zero-order valence-electron chi connectivity index (χ0n) is 14.0. The van der Waals surface area contributed by atoms with Crippen LogP contribution in [0.15, 0.2) is 65.5 Å². The zero-order valence-corrected chi connectivity index (χ0v) is 14.0. The Labute approximate surface area is 148 Å². The molecule has 8 heteroatoms. The molecule has 4 rings (SSSR count). The highest BCUT2D eigenvalue weighted by atomic mass is 16.1. The summed E-state index contributed by atoms with van der Waals surface area (Å²) >= 11 is 0. The minimum atomic E-state index is -0.335. The van der Waals surface area contributed by atoms with Gasteiger partial charge in [-0.2, -0.15) is 5.10 Å². The number of fused-ring (bicyclic) bond motifs is 1. The van der Waals surface area contributed by atoms with Crippen LogP contribution in [0.3, 0.4) is 0 Å². The number of aromatic amines is 1. The molecule has 0 aliphatic heterocycles. The summed E-state index contributed by atoms with van der Waals surface area (Å²) in [6.07, 6.45) is 0. The van der Waals surface area contributed by atoms with Gasteiger partial charge in [-0.25, -0.2) is 9.78 Å². The van der Waals surface area contributed by atoms with Crippen molar-refractivity contribution < 1.29 is 0 Å². The van der Waals surface area contributed by atoms with Crippen molar-refractivity contribution in [3.8, 4) is 0 Å². The van der Waals surface area contributed by atoms with Gasteiger partial charge in [0.1, 0.15) is 0 Å². The van der Waals surface area contributed by atoms with Crippen LogP contribution in [0, 0.1) is 0 Å². The number of hydrazine groups is 1. The Hall–Kier alpha value is -3.68. The van der Waals surface area contributed by atoms with E-state index in [1.807, 2.05) is 67.6 Å². The van der Waals surface area contributed by atoms with Crippen molar-refractivity contribution in [3.63, 3.8) is 0 Å². The number of H-pyrrole nitrogens is 1. The third-order valence-electron chi connectivity index (χ3n) is 4.15. The molecule has 0 bridgehead atoms. The second-order valence-corrected chi connectivity index (χ2v) is 5.84. The van der Waals surface area contributed by atoms with Crippen LogP contribution in [0.25, 0.3) is 11.0 Å². The molecule has 2 aromatic heterocycles. The fourth-order valence-electron chi connectivity index (χ4n) is 2.76. The van der Waals surface area contributed by atoms with E-state index in [0.29, 0.717) is 16.9 Å². The van der Waals surface area contributed by atoms with Gasteiger partial charge in [0.15, 0.2) is 16.9 Å². The first-order chi connectivity index (χ1) is 12.7. The van der Waals surface area contributed by atoms with Gasteiger partial charge < -0.3 is 0 Å². The summed E-state index contributed by atoms with van der Waals surface area (Å²) in [5, 5.41) is 14.9. The monoisotopic (exact) mass is 347 g/mol. The Balaban J connectivity index is 1.70. The number of rotatable bonds is 5. The molecule has 0 fully saturated rings. The van der Waals surface area contributed by atoms with Crippen LogP contribution >= 0.6 is 0 Å². The van der Waals surface area contributed by atoms with E-state index in [9.17, 15) is 4.79 Å². The number of hydrogen-bond acceptors (Lipinski definition) is 6. The van der Waals surface area contributed by atoms with Gasteiger partial charge in [-0.1, -0.05) is 53.7 Å². The standard InChI is InChI=1S/C18H17N7O/c1-12(13-8-4-2-5-9-13)25-16-15(20-24-25)17(22-23-18(16)26)21-19-14-10-6-3-7-11-14/h2-12,19H,1H3,(H,21,22)(H,23,26). The Morgan fingerprint density at radius 1 is 1.00 bits per heavy atom. The molecule has 0 saturated carbocycles. The Morgan fingerprint density at radius 2 is 1.69 bits per heavy atom. The maximum atomic E-state index is 12.4. The molecule has 0 spiro atoms. The number of anilines is 2. The maximum absolute atomic E-state index is 12.4. The number of nitrogens with zero attached hydrogens (tertiary/aromatic N) is 4. The summed E-state index contributed by atoms with van der Waals surface area (Å²) in [4.78, 5) is 12.4. The first kappa shape index (κ1) is 15.8. The first-order valence-electron chi connectivity index (χ1n) is 8.19. The molecule has 2 aromatic carbocycles. The van der Waals surface area contributed by atoms with E-state index in [1.54, 1.807) is 4.68 Å². The minimum absolute atomic E-state index is 0.139. The Morgan fingerprint density at radius 3 is 2.42 bits per heavy atom. The van der Waals surface area contributed by atoms with Gasteiger partial charge in [0.25, 0.3) is 5.56 Å². The average Bonchev–Trinajstić information content (AvgIpc) is 3.15. The molecule has 2 heterocycles. The van der Waals surface area contributed by atoms with Crippen LogP contribution in [0.5, 0.6) is 0 Å². The van der Waals surface area contributed by atoms with E-state index in [-0.39, 0.29) is 11.6 Å². The lowest BCUT2D eigenvalue weighted by atomic mass is 10.1. The highest BCUT2D eigenvalue weighted by molar-refractivity contribution is 5.84. The fraction of sp³-hybridized carbons (Fsp3) is 0.111. The summed E-state index contributed by atoms with van der Waals surface area (Å²) < 4.78 is 1.61. The molecule has 0 saturated heterocycles. The molecular formula is C18H17N7O. The van der Waals surface area contributed by atoms with Crippen molar-refractivity contribution in [1.29, 1.82) is 0 Å². The second kappa shape index (κ2) is 6.67.